The van der Waals surface area contributed by atoms with Crippen LogP contribution in [0.1, 0.15) is 31.2 Å². The van der Waals surface area contributed by atoms with E-state index in [0.717, 1.165) is 25.7 Å². The molecule has 0 aliphatic heterocycles. The van der Waals surface area contributed by atoms with Crippen molar-refractivity contribution in [2.24, 2.45) is 5.73 Å². The molecule has 0 saturated heterocycles. The largest absolute Gasteiger partial charge is 0.389 e. The Kier molecular flexibility index (Phi) is 3.93. The number of nitrogens with zero attached hydrogens (tertiary/aromatic N) is 1. The van der Waals surface area contributed by atoms with E-state index in [9.17, 15) is 5.11 Å². The van der Waals surface area contributed by atoms with Crippen LogP contribution in [0.25, 0.3) is 0 Å². The molecule has 0 unspecified atom stereocenters. The van der Waals surface area contributed by atoms with Gasteiger partial charge in [0, 0.05) is 25.3 Å². The summed E-state index contributed by atoms with van der Waals surface area (Å²) in [7, 11) is 2.15. The van der Waals surface area contributed by atoms with Gasteiger partial charge in [-0.3, -0.25) is 0 Å². The van der Waals surface area contributed by atoms with Crippen molar-refractivity contribution in [3.05, 3.63) is 29.8 Å². The minimum absolute atomic E-state index is 0.383. The first-order valence-electron chi connectivity index (χ1n) is 6.77. The van der Waals surface area contributed by atoms with Gasteiger partial charge in [0.1, 0.15) is 0 Å². The van der Waals surface area contributed by atoms with Gasteiger partial charge in [-0.2, -0.15) is 0 Å². The molecule has 0 spiro atoms. The van der Waals surface area contributed by atoms with E-state index >= 15 is 0 Å². The second kappa shape index (κ2) is 5.29. The van der Waals surface area contributed by atoms with Gasteiger partial charge >= 0.3 is 0 Å². The first-order valence-corrected chi connectivity index (χ1v) is 6.77. The van der Waals surface area contributed by atoms with Crippen molar-refractivity contribution >= 4 is 5.69 Å². The summed E-state index contributed by atoms with van der Waals surface area (Å²) >= 11 is 0. The number of anilines is 1. The highest BCUT2D eigenvalue weighted by Crippen LogP contribution is 2.32. The van der Waals surface area contributed by atoms with Crippen LogP contribution in [0.5, 0.6) is 0 Å². The zero-order valence-electron chi connectivity index (χ0n) is 11.4. The third kappa shape index (κ3) is 2.68. The third-order valence-electron chi connectivity index (χ3n) is 4.31. The van der Waals surface area contributed by atoms with E-state index < -0.39 is 5.60 Å². The highest BCUT2D eigenvalue weighted by atomic mass is 16.3. The maximum absolute atomic E-state index is 10.2. The van der Waals surface area contributed by atoms with E-state index in [-0.39, 0.29) is 0 Å². The fourth-order valence-corrected chi connectivity index (χ4v) is 2.89. The molecule has 0 atom stereocenters. The van der Waals surface area contributed by atoms with Crippen LogP contribution in [0.2, 0.25) is 0 Å². The fourth-order valence-electron chi connectivity index (χ4n) is 2.89. The number of benzene rings is 1. The van der Waals surface area contributed by atoms with Gasteiger partial charge in [-0.15, -0.1) is 0 Å². The van der Waals surface area contributed by atoms with Gasteiger partial charge in [0.25, 0.3) is 0 Å². The average molecular weight is 248 g/mol. The van der Waals surface area contributed by atoms with E-state index in [2.05, 4.69) is 43.1 Å². The van der Waals surface area contributed by atoms with Gasteiger partial charge in [0.2, 0.25) is 0 Å². The van der Waals surface area contributed by atoms with Crippen molar-refractivity contribution in [2.45, 2.75) is 44.2 Å². The lowest BCUT2D eigenvalue weighted by atomic mass is 9.81. The molecular formula is C15H24N2O. The molecule has 3 N–H and O–H groups in total. The number of hydrogen-bond donors (Lipinski definition) is 2. The monoisotopic (exact) mass is 248 g/mol. The summed E-state index contributed by atoms with van der Waals surface area (Å²) in [5.74, 6) is 0. The van der Waals surface area contributed by atoms with Crippen LogP contribution < -0.4 is 10.6 Å². The molecular weight excluding hydrogens is 224 g/mol. The van der Waals surface area contributed by atoms with E-state index in [1.165, 1.54) is 11.3 Å². The lowest BCUT2D eigenvalue weighted by Crippen LogP contribution is -2.46. The Morgan fingerprint density at radius 1 is 1.33 bits per heavy atom. The first kappa shape index (κ1) is 13.4. The summed E-state index contributed by atoms with van der Waals surface area (Å²) in [5.41, 5.74) is 7.61. The lowest BCUT2D eigenvalue weighted by Gasteiger charge is -2.40. The Labute approximate surface area is 110 Å². The van der Waals surface area contributed by atoms with Gasteiger partial charge in [-0.05, 0) is 44.2 Å². The summed E-state index contributed by atoms with van der Waals surface area (Å²) in [4.78, 5) is 2.35. The molecule has 18 heavy (non-hydrogen) atoms. The van der Waals surface area contributed by atoms with Crippen molar-refractivity contribution in [1.29, 1.82) is 0 Å². The predicted octanol–water partition coefficient (Wildman–Crippen LogP) is 2.06. The van der Waals surface area contributed by atoms with Crippen LogP contribution in [0, 0.1) is 6.92 Å². The summed E-state index contributed by atoms with van der Waals surface area (Å²) in [5, 5.41) is 10.2. The van der Waals surface area contributed by atoms with E-state index in [1.54, 1.807) is 0 Å². The number of nitrogens with two attached hydrogens (primary N) is 1. The summed E-state index contributed by atoms with van der Waals surface area (Å²) in [6, 6.07) is 8.97. The Bertz CT molecular complexity index is 397. The molecule has 0 heterocycles. The lowest BCUT2D eigenvalue weighted by molar-refractivity contribution is 0.00799. The zero-order chi connectivity index (χ0) is 13.2. The van der Waals surface area contributed by atoms with E-state index in [4.69, 9.17) is 5.73 Å². The van der Waals surface area contributed by atoms with Crippen LogP contribution in [0.3, 0.4) is 0 Å². The second-order valence-electron chi connectivity index (χ2n) is 5.56. The minimum Gasteiger partial charge on any atom is -0.389 e. The highest BCUT2D eigenvalue weighted by Gasteiger charge is 2.33. The van der Waals surface area contributed by atoms with Gasteiger partial charge < -0.3 is 15.7 Å². The van der Waals surface area contributed by atoms with Gasteiger partial charge in [-0.25, -0.2) is 0 Å². The van der Waals surface area contributed by atoms with Crippen molar-refractivity contribution < 1.29 is 5.11 Å². The topological polar surface area (TPSA) is 49.5 Å². The molecule has 0 aromatic heterocycles. The zero-order valence-corrected chi connectivity index (χ0v) is 11.4. The van der Waals surface area contributed by atoms with Crippen LogP contribution in [-0.4, -0.2) is 30.3 Å². The van der Waals surface area contributed by atoms with Crippen LogP contribution in [0.15, 0.2) is 24.3 Å². The van der Waals surface area contributed by atoms with Gasteiger partial charge in [0.15, 0.2) is 0 Å². The van der Waals surface area contributed by atoms with Crippen LogP contribution in [0.4, 0.5) is 5.69 Å². The van der Waals surface area contributed by atoms with Crippen LogP contribution in [-0.2, 0) is 0 Å². The molecule has 1 fully saturated rings. The van der Waals surface area contributed by atoms with Crippen molar-refractivity contribution in [3.63, 3.8) is 0 Å². The molecule has 100 valence electrons. The molecule has 1 aliphatic carbocycles. The van der Waals surface area contributed by atoms with Crippen molar-refractivity contribution in [3.8, 4) is 0 Å². The summed E-state index contributed by atoms with van der Waals surface area (Å²) in [6.07, 6.45) is 3.64. The summed E-state index contributed by atoms with van der Waals surface area (Å²) in [6.45, 7) is 2.53. The van der Waals surface area contributed by atoms with E-state index in [1.807, 2.05) is 0 Å². The molecule has 3 nitrogen and oxygen atoms in total. The van der Waals surface area contributed by atoms with Gasteiger partial charge in [0.05, 0.1) is 5.60 Å². The molecule has 0 radical (unpaired) electrons. The Morgan fingerprint density at radius 2 is 1.94 bits per heavy atom. The number of aryl methyl sites for hydroxylation is 1. The Balaban J connectivity index is 2.04. The maximum Gasteiger partial charge on any atom is 0.0770 e. The normalized spacial score (nSPS) is 28.1. The number of para-hydroxylation sites is 1. The van der Waals surface area contributed by atoms with Crippen LogP contribution >= 0.6 is 0 Å². The molecule has 0 bridgehead atoms. The molecule has 0 amide bonds. The maximum atomic E-state index is 10.2. The summed E-state index contributed by atoms with van der Waals surface area (Å²) < 4.78 is 0. The first-order chi connectivity index (χ1) is 8.56. The molecule has 2 rings (SSSR count). The smallest absolute Gasteiger partial charge is 0.0770 e. The third-order valence-corrected chi connectivity index (χ3v) is 4.31. The Hall–Kier alpha value is -1.06. The quantitative estimate of drug-likeness (QED) is 0.861. The van der Waals surface area contributed by atoms with Crippen molar-refractivity contribution in [2.75, 3.05) is 18.5 Å². The van der Waals surface area contributed by atoms with Gasteiger partial charge in [-0.1, -0.05) is 18.2 Å². The molecule has 1 aliphatic rings. The average Bonchev–Trinajstić information content (AvgIpc) is 2.39. The minimum atomic E-state index is -0.622. The standard InChI is InChI=1S/C15H24N2O/c1-12-5-3-4-6-14(12)17(2)13-7-9-15(18,11-16)10-8-13/h3-6,13,18H,7-11,16H2,1-2H3. The number of aliphatic hydroxyl groups is 1. The van der Waals surface area contributed by atoms with Crippen molar-refractivity contribution in [1.82, 2.24) is 0 Å². The highest BCUT2D eigenvalue weighted by molar-refractivity contribution is 5.53. The Morgan fingerprint density at radius 3 is 2.50 bits per heavy atom. The number of hydrogen-bond acceptors (Lipinski definition) is 3. The molecule has 1 aromatic rings. The second-order valence-corrected chi connectivity index (χ2v) is 5.56. The molecule has 1 aromatic carbocycles. The molecule has 1 saturated carbocycles. The SMILES string of the molecule is Cc1ccccc1N(C)C1CCC(O)(CN)CC1. The van der Waals surface area contributed by atoms with E-state index in [0.29, 0.717) is 12.6 Å². The predicted molar refractivity (Wildman–Crippen MR) is 75.8 cm³/mol. The fraction of sp³-hybridized carbons (Fsp3) is 0.600. The number of rotatable bonds is 3. The molecule has 3 heteroatoms.